The van der Waals surface area contributed by atoms with Crippen molar-refractivity contribution in [1.29, 1.82) is 0 Å². The average Bonchev–Trinajstić information content (AvgIpc) is 2.64. The van der Waals surface area contributed by atoms with Gasteiger partial charge < -0.3 is 4.57 Å². The van der Waals surface area contributed by atoms with E-state index in [0.29, 0.717) is 6.54 Å². The lowest BCUT2D eigenvalue weighted by Gasteiger charge is -2.15. The first kappa shape index (κ1) is 16.0. The van der Waals surface area contributed by atoms with Crippen molar-refractivity contribution in [2.24, 2.45) is 0 Å². The third kappa shape index (κ3) is 4.20. The lowest BCUT2D eigenvalue weighted by molar-refractivity contribution is 0.0944. The third-order valence-electron chi connectivity index (χ3n) is 3.75. The van der Waals surface area contributed by atoms with Crippen LogP contribution in [0.1, 0.15) is 54.9 Å². The number of carbonyl (C=O) groups is 1. The van der Waals surface area contributed by atoms with Crippen molar-refractivity contribution < 1.29 is 4.79 Å². The SMILES string of the molecule is CCCCCN(C)CC(=O)c1cc(C)n(CC)c1C. The normalized spacial score (nSPS) is 11.3. The van der Waals surface area contributed by atoms with Crippen molar-refractivity contribution in [3.8, 4) is 0 Å². The van der Waals surface area contributed by atoms with E-state index in [1.807, 2.05) is 20.0 Å². The molecule has 0 aromatic carbocycles. The Hall–Kier alpha value is -1.09. The van der Waals surface area contributed by atoms with Crippen LogP contribution in [0.5, 0.6) is 0 Å². The number of likely N-dealkylation sites (N-methyl/N-ethyl adjacent to an activating group) is 1. The fourth-order valence-electron chi connectivity index (χ4n) is 2.61. The third-order valence-corrected chi connectivity index (χ3v) is 3.75. The first-order valence-electron chi connectivity index (χ1n) is 7.39. The van der Waals surface area contributed by atoms with Crippen molar-refractivity contribution in [1.82, 2.24) is 9.47 Å². The summed E-state index contributed by atoms with van der Waals surface area (Å²) in [6, 6.07) is 2.03. The summed E-state index contributed by atoms with van der Waals surface area (Å²) in [5, 5.41) is 0. The van der Waals surface area contributed by atoms with Crippen LogP contribution in [0, 0.1) is 13.8 Å². The average molecular weight is 264 g/mol. The summed E-state index contributed by atoms with van der Waals surface area (Å²) in [7, 11) is 2.03. The number of aryl methyl sites for hydroxylation is 1. The summed E-state index contributed by atoms with van der Waals surface area (Å²) in [6.07, 6.45) is 3.64. The first-order chi connectivity index (χ1) is 9.01. The summed E-state index contributed by atoms with van der Waals surface area (Å²) in [5.41, 5.74) is 3.17. The van der Waals surface area contributed by atoms with Gasteiger partial charge in [0.25, 0.3) is 0 Å². The summed E-state index contributed by atoms with van der Waals surface area (Å²) in [4.78, 5) is 14.5. The lowest BCUT2D eigenvalue weighted by atomic mass is 10.1. The molecule has 0 fully saturated rings. The van der Waals surface area contributed by atoms with E-state index in [1.165, 1.54) is 25.0 Å². The Morgan fingerprint density at radius 2 is 1.95 bits per heavy atom. The molecule has 0 unspecified atom stereocenters. The fourth-order valence-corrected chi connectivity index (χ4v) is 2.61. The van der Waals surface area contributed by atoms with Gasteiger partial charge in [-0.1, -0.05) is 19.8 Å². The number of rotatable bonds is 8. The van der Waals surface area contributed by atoms with Gasteiger partial charge in [0, 0.05) is 23.5 Å². The number of Topliss-reactive ketones (excluding diaryl/α,β-unsaturated/α-hetero) is 1. The smallest absolute Gasteiger partial charge is 0.178 e. The van der Waals surface area contributed by atoms with Crippen LogP contribution in [0.25, 0.3) is 0 Å². The molecule has 0 bridgehead atoms. The molecule has 19 heavy (non-hydrogen) atoms. The Morgan fingerprint density at radius 1 is 1.26 bits per heavy atom. The maximum absolute atomic E-state index is 12.3. The maximum atomic E-state index is 12.3. The van der Waals surface area contributed by atoms with Crippen LogP contribution in [0.4, 0.5) is 0 Å². The van der Waals surface area contributed by atoms with Gasteiger partial charge >= 0.3 is 0 Å². The van der Waals surface area contributed by atoms with E-state index >= 15 is 0 Å². The van der Waals surface area contributed by atoms with Crippen molar-refractivity contribution in [3.05, 3.63) is 23.0 Å². The molecule has 0 radical (unpaired) electrons. The van der Waals surface area contributed by atoms with Crippen molar-refractivity contribution in [2.75, 3.05) is 20.1 Å². The number of aromatic nitrogens is 1. The number of nitrogens with zero attached hydrogens (tertiary/aromatic N) is 2. The molecule has 1 aromatic heterocycles. The van der Waals surface area contributed by atoms with Crippen LogP contribution >= 0.6 is 0 Å². The molecule has 3 heteroatoms. The summed E-state index contributed by atoms with van der Waals surface area (Å²) in [6.45, 7) is 10.9. The van der Waals surface area contributed by atoms with Gasteiger partial charge in [0.1, 0.15) is 0 Å². The predicted octanol–water partition coefficient (Wildman–Crippen LogP) is 3.43. The zero-order chi connectivity index (χ0) is 14.4. The van der Waals surface area contributed by atoms with E-state index in [4.69, 9.17) is 0 Å². The Balaban J connectivity index is 2.63. The molecule has 0 spiro atoms. The second-order valence-corrected chi connectivity index (χ2v) is 5.40. The number of unbranched alkanes of at least 4 members (excludes halogenated alkanes) is 2. The van der Waals surface area contributed by atoms with Gasteiger partial charge in [0.2, 0.25) is 0 Å². The van der Waals surface area contributed by atoms with Crippen LogP contribution < -0.4 is 0 Å². The molecule has 0 saturated carbocycles. The first-order valence-corrected chi connectivity index (χ1v) is 7.39. The van der Waals surface area contributed by atoms with E-state index in [-0.39, 0.29) is 5.78 Å². The molecule has 0 amide bonds. The molecule has 108 valence electrons. The quantitative estimate of drug-likeness (QED) is 0.531. The maximum Gasteiger partial charge on any atom is 0.178 e. The molecule has 0 aliphatic heterocycles. The molecule has 0 N–H and O–H groups in total. The molecule has 0 aliphatic rings. The monoisotopic (exact) mass is 264 g/mol. The highest BCUT2D eigenvalue weighted by molar-refractivity contribution is 5.99. The Kier molecular flexibility index (Phi) is 6.29. The number of ketones is 1. The van der Waals surface area contributed by atoms with Crippen LogP contribution in [0.15, 0.2) is 6.07 Å². The van der Waals surface area contributed by atoms with Crippen molar-refractivity contribution in [2.45, 2.75) is 53.5 Å². The Morgan fingerprint density at radius 3 is 2.47 bits per heavy atom. The minimum atomic E-state index is 0.242. The van der Waals surface area contributed by atoms with Gasteiger partial charge in [-0.05, 0) is 46.9 Å². The highest BCUT2D eigenvalue weighted by atomic mass is 16.1. The van der Waals surface area contributed by atoms with E-state index in [1.54, 1.807) is 0 Å². The molecular formula is C16H28N2O. The molecule has 0 atom stereocenters. The number of carbonyl (C=O) groups excluding carboxylic acids is 1. The number of hydrogen-bond acceptors (Lipinski definition) is 2. The van der Waals surface area contributed by atoms with Crippen LogP contribution in [0.2, 0.25) is 0 Å². The standard InChI is InChI=1S/C16H28N2O/c1-6-8-9-10-17(5)12-16(19)15-11-13(3)18(7-2)14(15)4/h11H,6-10,12H2,1-5H3. The second-order valence-electron chi connectivity index (χ2n) is 5.40. The zero-order valence-corrected chi connectivity index (χ0v) is 13.1. The van der Waals surface area contributed by atoms with Gasteiger partial charge in [-0.25, -0.2) is 0 Å². The highest BCUT2D eigenvalue weighted by Gasteiger charge is 2.16. The van der Waals surface area contributed by atoms with E-state index in [2.05, 4.69) is 30.2 Å². The van der Waals surface area contributed by atoms with Crippen molar-refractivity contribution in [3.63, 3.8) is 0 Å². The van der Waals surface area contributed by atoms with Gasteiger partial charge in [-0.15, -0.1) is 0 Å². The summed E-state index contributed by atoms with van der Waals surface area (Å²) in [5.74, 6) is 0.242. The van der Waals surface area contributed by atoms with Crippen LogP contribution in [-0.2, 0) is 6.54 Å². The Labute approximate surface area is 117 Å². The van der Waals surface area contributed by atoms with E-state index in [0.717, 1.165) is 24.3 Å². The molecule has 0 aliphatic carbocycles. The van der Waals surface area contributed by atoms with Gasteiger partial charge in [0.15, 0.2) is 5.78 Å². The van der Waals surface area contributed by atoms with Gasteiger partial charge in [-0.2, -0.15) is 0 Å². The topological polar surface area (TPSA) is 25.2 Å². The Bertz CT molecular complexity index is 421. The van der Waals surface area contributed by atoms with Crippen molar-refractivity contribution >= 4 is 5.78 Å². The summed E-state index contributed by atoms with van der Waals surface area (Å²) >= 11 is 0. The van der Waals surface area contributed by atoms with E-state index < -0.39 is 0 Å². The number of hydrogen-bond donors (Lipinski definition) is 0. The molecule has 1 heterocycles. The van der Waals surface area contributed by atoms with E-state index in [9.17, 15) is 4.79 Å². The van der Waals surface area contributed by atoms with Crippen LogP contribution in [0.3, 0.4) is 0 Å². The van der Waals surface area contributed by atoms with Gasteiger partial charge in [0.05, 0.1) is 6.54 Å². The highest BCUT2D eigenvalue weighted by Crippen LogP contribution is 2.16. The summed E-state index contributed by atoms with van der Waals surface area (Å²) < 4.78 is 2.20. The van der Waals surface area contributed by atoms with Crippen LogP contribution in [-0.4, -0.2) is 35.4 Å². The van der Waals surface area contributed by atoms with Gasteiger partial charge in [-0.3, -0.25) is 9.69 Å². The molecule has 0 saturated heterocycles. The molecule has 1 aromatic rings. The minimum Gasteiger partial charge on any atom is -0.349 e. The lowest BCUT2D eigenvalue weighted by Crippen LogP contribution is -2.27. The molecule has 3 nitrogen and oxygen atoms in total. The molecule has 1 rings (SSSR count). The largest absolute Gasteiger partial charge is 0.349 e. The minimum absolute atomic E-state index is 0.242. The molecular weight excluding hydrogens is 236 g/mol. The fraction of sp³-hybridized carbons (Fsp3) is 0.688. The predicted molar refractivity (Wildman–Crippen MR) is 80.9 cm³/mol. The second kappa shape index (κ2) is 7.49. The zero-order valence-electron chi connectivity index (χ0n) is 13.1.